The fourth-order valence-corrected chi connectivity index (χ4v) is 1.39. The standard InChI is InChI=1S/C11H10F2N4O/c12-7-2-1-6(8(13)3-7)5-15-11(18)9-4-10(14)17-16-9/h1-4H,5H2,(H,15,18)(H3,14,16,17). The minimum Gasteiger partial charge on any atom is -0.382 e. The van der Waals surface area contributed by atoms with Gasteiger partial charge in [-0.2, -0.15) is 5.10 Å². The van der Waals surface area contributed by atoms with E-state index in [0.29, 0.717) is 0 Å². The van der Waals surface area contributed by atoms with Crippen LogP contribution in [0.4, 0.5) is 14.6 Å². The Kier molecular flexibility index (Phi) is 3.22. The number of nitrogen functional groups attached to an aromatic ring is 1. The Hall–Kier alpha value is -2.44. The summed E-state index contributed by atoms with van der Waals surface area (Å²) in [6.45, 7) is -0.0517. The Morgan fingerprint density at radius 2 is 2.17 bits per heavy atom. The number of H-pyrrole nitrogens is 1. The summed E-state index contributed by atoms with van der Waals surface area (Å²) >= 11 is 0. The van der Waals surface area contributed by atoms with E-state index in [1.165, 1.54) is 12.1 Å². The number of nitrogens with one attached hydrogen (secondary N) is 2. The first-order chi connectivity index (χ1) is 8.56. The van der Waals surface area contributed by atoms with Gasteiger partial charge < -0.3 is 11.1 Å². The quantitative estimate of drug-likeness (QED) is 0.767. The van der Waals surface area contributed by atoms with Crippen LogP contribution in [0, 0.1) is 11.6 Å². The van der Waals surface area contributed by atoms with E-state index in [2.05, 4.69) is 15.5 Å². The highest BCUT2D eigenvalue weighted by Crippen LogP contribution is 2.09. The number of nitrogens with two attached hydrogens (primary N) is 1. The first-order valence-corrected chi connectivity index (χ1v) is 5.09. The third kappa shape index (κ3) is 2.62. The Bertz CT molecular complexity index is 582. The van der Waals surface area contributed by atoms with Crippen molar-refractivity contribution in [3.8, 4) is 0 Å². The maximum Gasteiger partial charge on any atom is 0.269 e. The van der Waals surface area contributed by atoms with Crippen molar-refractivity contribution in [2.45, 2.75) is 6.54 Å². The van der Waals surface area contributed by atoms with E-state index in [1.807, 2.05) is 0 Å². The van der Waals surface area contributed by atoms with E-state index in [9.17, 15) is 13.6 Å². The monoisotopic (exact) mass is 252 g/mol. The molecule has 94 valence electrons. The maximum absolute atomic E-state index is 13.3. The highest BCUT2D eigenvalue weighted by molar-refractivity contribution is 5.92. The van der Waals surface area contributed by atoms with Gasteiger partial charge in [0.05, 0.1) is 0 Å². The number of hydrogen-bond acceptors (Lipinski definition) is 3. The van der Waals surface area contributed by atoms with Crippen LogP contribution in [0.2, 0.25) is 0 Å². The number of benzene rings is 1. The van der Waals surface area contributed by atoms with Crippen LogP contribution in [-0.2, 0) is 6.54 Å². The number of anilines is 1. The average molecular weight is 252 g/mol. The summed E-state index contributed by atoms with van der Waals surface area (Å²) in [5, 5.41) is 8.48. The van der Waals surface area contributed by atoms with Crippen LogP contribution in [-0.4, -0.2) is 16.1 Å². The number of hydrogen-bond donors (Lipinski definition) is 3. The molecule has 0 saturated heterocycles. The molecular weight excluding hydrogens is 242 g/mol. The van der Waals surface area contributed by atoms with E-state index in [-0.39, 0.29) is 23.6 Å². The van der Waals surface area contributed by atoms with E-state index in [1.54, 1.807) is 0 Å². The van der Waals surface area contributed by atoms with Gasteiger partial charge >= 0.3 is 0 Å². The Morgan fingerprint density at radius 3 is 2.78 bits per heavy atom. The molecule has 7 heteroatoms. The first kappa shape index (κ1) is 12.0. The molecule has 0 atom stereocenters. The molecule has 1 amide bonds. The highest BCUT2D eigenvalue weighted by atomic mass is 19.1. The van der Waals surface area contributed by atoms with Crippen molar-refractivity contribution >= 4 is 11.7 Å². The summed E-state index contributed by atoms with van der Waals surface area (Å²) in [6.07, 6.45) is 0. The van der Waals surface area contributed by atoms with Gasteiger partial charge in [-0.1, -0.05) is 6.07 Å². The summed E-state index contributed by atoms with van der Waals surface area (Å²) in [4.78, 5) is 11.6. The molecule has 0 bridgehead atoms. The number of nitrogens with zero attached hydrogens (tertiary/aromatic N) is 1. The molecule has 1 heterocycles. The lowest BCUT2D eigenvalue weighted by molar-refractivity contribution is 0.0945. The van der Waals surface area contributed by atoms with E-state index in [4.69, 9.17) is 5.73 Å². The summed E-state index contributed by atoms with van der Waals surface area (Å²) in [6, 6.07) is 4.51. The summed E-state index contributed by atoms with van der Waals surface area (Å²) < 4.78 is 25.9. The van der Waals surface area contributed by atoms with Gasteiger partial charge in [0.2, 0.25) is 0 Å². The smallest absolute Gasteiger partial charge is 0.269 e. The van der Waals surface area contributed by atoms with Gasteiger partial charge in [0.15, 0.2) is 0 Å². The largest absolute Gasteiger partial charge is 0.382 e. The lowest BCUT2D eigenvalue weighted by atomic mass is 10.2. The number of amides is 1. The molecule has 4 N–H and O–H groups in total. The van der Waals surface area contributed by atoms with Crippen LogP contribution in [0.25, 0.3) is 0 Å². The van der Waals surface area contributed by atoms with Crippen LogP contribution >= 0.6 is 0 Å². The fourth-order valence-electron chi connectivity index (χ4n) is 1.39. The molecule has 0 spiro atoms. The maximum atomic E-state index is 13.3. The second kappa shape index (κ2) is 4.82. The molecule has 0 fully saturated rings. The molecule has 0 aliphatic heterocycles. The second-order valence-electron chi connectivity index (χ2n) is 3.62. The molecule has 1 aromatic carbocycles. The number of carbonyl (C=O) groups is 1. The zero-order chi connectivity index (χ0) is 13.1. The zero-order valence-electron chi connectivity index (χ0n) is 9.21. The van der Waals surface area contributed by atoms with Crippen LogP contribution in [0.15, 0.2) is 24.3 Å². The number of aromatic amines is 1. The van der Waals surface area contributed by atoms with Crippen LogP contribution in [0.1, 0.15) is 16.1 Å². The number of halogens is 2. The topological polar surface area (TPSA) is 83.8 Å². The highest BCUT2D eigenvalue weighted by Gasteiger charge is 2.10. The fraction of sp³-hybridized carbons (Fsp3) is 0.0909. The minimum absolute atomic E-state index is 0.0517. The summed E-state index contributed by atoms with van der Waals surface area (Å²) in [5.41, 5.74) is 5.71. The lowest BCUT2D eigenvalue weighted by Crippen LogP contribution is -2.23. The molecule has 0 aliphatic rings. The van der Waals surface area contributed by atoms with Crippen molar-refractivity contribution < 1.29 is 13.6 Å². The van der Waals surface area contributed by atoms with Crippen molar-refractivity contribution in [2.75, 3.05) is 5.73 Å². The van der Waals surface area contributed by atoms with E-state index < -0.39 is 17.5 Å². The predicted molar refractivity (Wildman–Crippen MR) is 60.5 cm³/mol. The van der Waals surface area contributed by atoms with Gasteiger partial charge in [0.1, 0.15) is 23.1 Å². The molecular formula is C11H10F2N4O. The van der Waals surface area contributed by atoms with Crippen molar-refractivity contribution in [3.63, 3.8) is 0 Å². The van der Waals surface area contributed by atoms with Gasteiger partial charge in [-0.3, -0.25) is 9.89 Å². The van der Waals surface area contributed by atoms with Gasteiger partial charge in [-0.15, -0.1) is 0 Å². The second-order valence-corrected chi connectivity index (χ2v) is 3.62. The number of aromatic nitrogens is 2. The van der Waals surface area contributed by atoms with Crippen LogP contribution < -0.4 is 11.1 Å². The molecule has 5 nitrogen and oxygen atoms in total. The van der Waals surface area contributed by atoms with Gasteiger partial charge in [-0.05, 0) is 6.07 Å². The molecule has 1 aromatic heterocycles. The first-order valence-electron chi connectivity index (χ1n) is 5.09. The molecule has 2 aromatic rings. The molecule has 0 saturated carbocycles. The summed E-state index contributed by atoms with van der Waals surface area (Å²) in [7, 11) is 0. The lowest BCUT2D eigenvalue weighted by Gasteiger charge is -2.04. The Morgan fingerprint density at radius 1 is 1.39 bits per heavy atom. The Labute approximate surface area is 101 Å². The zero-order valence-corrected chi connectivity index (χ0v) is 9.21. The van der Waals surface area contributed by atoms with Crippen LogP contribution in [0.5, 0.6) is 0 Å². The van der Waals surface area contributed by atoms with Gasteiger partial charge in [-0.25, -0.2) is 8.78 Å². The number of rotatable bonds is 3. The van der Waals surface area contributed by atoms with Crippen molar-refractivity contribution in [2.24, 2.45) is 0 Å². The van der Waals surface area contributed by atoms with Gasteiger partial charge in [0, 0.05) is 24.2 Å². The molecule has 0 radical (unpaired) electrons. The van der Waals surface area contributed by atoms with Gasteiger partial charge in [0.25, 0.3) is 5.91 Å². The van der Waals surface area contributed by atoms with E-state index >= 15 is 0 Å². The molecule has 2 rings (SSSR count). The minimum atomic E-state index is -0.709. The average Bonchev–Trinajstić information content (AvgIpc) is 2.74. The van der Waals surface area contributed by atoms with Crippen molar-refractivity contribution in [3.05, 3.63) is 47.2 Å². The third-order valence-electron chi connectivity index (χ3n) is 2.30. The predicted octanol–water partition coefficient (Wildman–Crippen LogP) is 1.20. The number of carbonyl (C=O) groups excluding carboxylic acids is 1. The van der Waals surface area contributed by atoms with Crippen molar-refractivity contribution in [1.82, 2.24) is 15.5 Å². The Balaban J connectivity index is 2.01. The SMILES string of the molecule is Nc1cc(C(=O)NCc2ccc(F)cc2F)[nH]n1. The normalized spacial score (nSPS) is 10.3. The van der Waals surface area contributed by atoms with Crippen molar-refractivity contribution in [1.29, 1.82) is 0 Å². The van der Waals surface area contributed by atoms with E-state index in [0.717, 1.165) is 12.1 Å². The molecule has 18 heavy (non-hydrogen) atoms. The third-order valence-corrected chi connectivity index (χ3v) is 2.30. The summed E-state index contributed by atoms with van der Waals surface area (Å²) in [5.74, 6) is -1.65. The molecule has 0 unspecified atom stereocenters. The van der Waals surface area contributed by atoms with Crippen LogP contribution in [0.3, 0.4) is 0 Å². The molecule has 0 aliphatic carbocycles.